The van der Waals surface area contributed by atoms with Gasteiger partial charge >= 0.3 is 6.03 Å². The van der Waals surface area contributed by atoms with Crippen LogP contribution in [0.1, 0.15) is 43.7 Å². The zero-order valence-electron chi connectivity index (χ0n) is 19.5. The van der Waals surface area contributed by atoms with Gasteiger partial charge in [-0.2, -0.15) is 0 Å². The van der Waals surface area contributed by atoms with Gasteiger partial charge in [0.15, 0.2) is 11.5 Å². The summed E-state index contributed by atoms with van der Waals surface area (Å²) in [6, 6.07) is 8.51. The number of carbonyl (C=O) groups excluding carboxylic acids is 3. The molecule has 2 aromatic rings. The number of nitrogens with one attached hydrogen (secondary N) is 1. The van der Waals surface area contributed by atoms with E-state index in [0.29, 0.717) is 33.7 Å². The Bertz CT molecular complexity index is 1250. The van der Waals surface area contributed by atoms with Gasteiger partial charge in [0.25, 0.3) is 17.5 Å². The molecule has 36 heavy (non-hydrogen) atoms. The Morgan fingerprint density at radius 2 is 1.92 bits per heavy atom. The van der Waals surface area contributed by atoms with Crippen molar-refractivity contribution in [1.29, 1.82) is 0 Å². The van der Waals surface area contributed by atoms with Gasteiger partial charge in [0.05, 0.1) is 16.0 Å². The smallest absolute Gasteiger partial charge is 0.331 e. The van der Waals surface area contributed by atoms with Crippen molar-refractivity contribution >= 4 is 45.5 Å². The first-order chi connectivity index (χ1) is 17.3. The second-order valence-corrected chi connectivity index (χ2v) is 9.26. The van der Waals surface area contributed by atoms with E-state index in [1.807, 2.05) is 0 Å². The van der Waals surface area contributed by atoms with E-state index < -0.39 is 22.8 Å². The monoisotopic (exact) mass is 557 g/mol. The van der Waals surface area contributed by atoms with Gasteiger partial charge in [-0.05, 0) is 65.0 Å². The van der Waals surface area contributed by atoms with Crippen molar-refractivity contribution in [3.63, 3.8) is 0 Å². The molecule has 11 heteroatoms. The fourth-order valence-corrected chi connectivity index (χ4v) is 4.90. The summed E-state index contributed by atoms with van der Waals surface area (Å²) in [5.41, 5.74) is 0.918. The number of non-ortho nitro benzene ring substituents is 1. The van der Waals surface area contributed by atoms with Crippen LogP contribution in [0.25, 0.3) is 6.08 Å². The number of benzene rings is 2. The van der Waals surface area contributed by atoms with Gasteiger partial charge in [-0.3, -0.25) is 29.9 Å². The van der Waals surface area contributed by atoms with Crippen molar-refractivity contribution in [3.05, 3.63) is 67.7 Å². The molecule has 1 heterocycles. The summed E-state index contributed by atoms with van der Waals surface area (Å²) in [4.78, 5) is 49.7. The summed E-state index contributed by atoms with van der Waals surface area (Å²) in [6.45, 7) is 2.18. The Kier molecular flexibility index (Phi) is 7.68. The van der Waals surface area contributed by atoms with Crippen LogP contribution in [0.3, 0.4) is 0 Å². The van der Waals surface area contributed by atoms with Crippen molar-refractivity contribution in [1.82, 2.24) is 10.2 Å². The molecule has 2 aliphatic rings. The van der Waals surface area contributed by atoms with E-state index in [1.165, 1.54) is 18.2 Å². The first kappa shape index (κ1) is 25.4. The fourth-order valence-electron chi connectivity index (χ4n) is 4.32. The number of barbiturate groups is 1. The summed E-state index contributed by atoms with van der Waals surface area (Å²) in [6.07, 6.45) is 4.71. The predicted octanol–water partition coefficient (Wildman–Crippen LogP) is 4.74. The molecule has 0 aromatic heterocycles. The molecule has 1 saturated heterocycles. The highest BCUT2D eigenvalue weighted by Crippen LogP contribution is 2.38. The number of halogens is 1. The average Bonchev–Trinajstić information content (AvgIpc) is 3.36. The maximum atomic E-state index is 13.1. The largest absolute Gasteiger partial charge is 0.490 e. The van der Waals surface area contributed by atoms with Gasteiger partial charge in [-0.25, -0.2) is 4.79 Å². The van der Waals surface area contributed by atoms with E-state index in [4.69, 9.17) is 9.47 Å². The second-order valence-electron chi connectivity index (χ2n) is 8.41. The SMILES string of the molecule is CCOc1cc(/C=C2\C(=O)NC(=O)N(C3CCCC3)C2=O)cc(Br)c1OCc1cccc([N+](=O)[O-])c1. The third-order valence-corrected chi connectivity index (χ3v) is 6.56. The number of rotatable bonds is 8. The lowest BCUT2D eigenvalue weighted by Crippen LogP contribution is -2.57. The minimum Gasteiger partial charge on any atom is -0.490 e. The number of nitro benzene ring substituents is 1. The predicted molar refractivity (Wildman–Crippen MR) is 133 cm³/mol. The maximum absolute atomic E-state index is 13.1. The summed E-state index contributed by atoms with van der Waals surface area (Å²) in [5.74, 6) is -0.640. The molecule has 1 N–H and O–H groups in total. The molecule has 10 nitrogen and oxygen atoms in total. The molecular formula is C25H24BrN3O7. The van der Waals surface area contributed by atoms with Crippen LogP contribution in [-0.4, -0.2) is 40.3 Å². The minimum atomic E-state index is -0.751. The Morgan fingerprint density at radius 3 is 2.61 bits per heavy atom. The van der Waals surface area contributed by atoms with Gasteiger partial charge in [0.2, 0.25) is 0 Å². The van der Waals surface area contributed by atoms with Crippen LogP contribution >= 0.6 is 15.9 Å². The molecule has 4 amide bonds. The standard InChI is InChI=1S/C25H24BrN3O7/c1-2-35-21-13-16(11-19-23(30)27-25(32)28(24(19)31)17-7-3-4-8-17)12-20(26)22(21)36-14-15-6-5-9-18(10-15)29(33)34/h5-6,9-13,17H,2-4,7-8,14H2,1H3,(H,27,30,32)/b19-11+. The zero-order chi connectivity index (χ0) is 25.8. The Morgan fingerprint density at radius 1 is 1.17 bits per heavy atom. The summed E-state index contributed by atoms with van der Waals surface area (Å²) >= 11 is 3.46. The molecular weight excluding hydrogens is 534 g/mol. The van der Waals surface area contributed by atoms with Crippen LogP contribution in [-0.2, 0) is 16.2 Å². The number of hydrogen-bond acceptors (Lipinski definition) is 7. The van der Waals surface area contributed by atoms with Gasteiger partial charge in [-0.1, -0.05) is 25.0 Å². The van der Waals surface area contributed by atoms with Crippen LogP contribution in [0.4, 0.5) is 10.5 Å². The highest BCUT2D eigenvalue weighted by molar-refractivity contribution is 9.10. The number of nitrogens with zero attached hydrogens (tertiary/aromatic N) is 2. The summed E-state index contributed by atoms with van der Waals surface area (Å²) in [5, 5.41) is 13.3. The van der Waals surface area contributed by atoms with Gasteiger partial charge in [0.1, 0.15) is 12.2 Å². The molecule has 0 radical (unpaired) electrons. The first-order valence-electron chi connectivity index (χ1n) is 11.5. The fraction of sp³-hybridized carbons (Fsp3) is 0.320. The molecule has 0 atom stereocenters. The molecule has 2 aromatic carbocycles. The molecule has 0 bridgehead atoms. The number of imide groups is 2. The molecule has 188 valence electrons. The summed E-state index contributed by atoms with van der Waals surface area (Å²) in [7, 11) is 0. The number of urea groups is 1. The number of ether oxygens (including phenoxy) is 2. The van der Waals surface area contributed by atoms with Crippen LogP contribution in [0.2, 0.25) is 0 Å². The topological polar surface area (TPSA) is 128 Å². The van der Waals surface area contributed by atoms with E-state index >= 15 is 0 Å². The van der Waals surface area contributed by atoms with E-state index in [2.05, 4.69) is 21.2 Å². The normalized spacial score (nSPS) is 17.4. The van der Waals surface area contributed by atoms with E-state index in [9.17, 15) is 24.5 Å². The highest BCUT2D eigenvalue weighted by Gasteiger charge is 2.40. The van der Waals surface area contributed by atoms with Crippen molar-refractivity contribution in [2.24, 2.45) is 0 Å². The Hall–Kier alpha value is -3.73. The van der Waals surface area contributed by atoms with E-state index in [-0.39, 0.29) is 23.9 Å². The number of hydrogen-bond donors (Lipinski definition) is 1. The van der Waals surface area contributed by atoms with Gasteiger partial charge < -0.3 is 9.47 Å². The molecule has 1 aliphatic heterocycles. The lowest BCUT2D eigenvalue weighted by Gasteiger charge is -2.31. The molecule has 4 rings (SSSR count). The van der Waals surface area contributed by atoms with Crippen LogP contribution in [0, 0.1) is 10.1 Å². The lowest BCUT2D eigenvalue weighted by molar-refractivity contribution is -0.384. The number of amides is 4. The molecule has 0 unspecified atom stereocenters. The highest BCUT2D eigenvalue weighted by atomic mass is 79.9. The number of nitro groups is 1. The first-order valence-corrected chi connectivity index (χ1v) is 12.3. The molecule has 1 aliphatic carbocycles. The minimum absolute atomic E-state index is 0.0391. The Labute approximate surface area is 215 Å². The third kappa shape index (κ3) is 5.40. The van der Waals surface area contributed by atoms with Gasteiger partial charge in [-0.15, -0.1) is 0 Å². The van der Waals surface area contributed by atoms with Crippen LogP contribution in [0.5, 0.6) is 11.5 Å². The van der Waals surface area contributed by atoms with Crippen LogP contribution < -0.4 is 14.8 Å². The van der Waals surface area contributed by atoms with Crippen molar-refractivity contribution in [2.45, 2.75) is 45.3 Å². The number of carbonyl (C=O) groups is 3. The van der Waals surface area contributed by atoms with Crippen molar-refractivity contribution < 1.29 is 28.8 Å². The average molecular weight is 558 g/mol. The molecule has 1 saturated carbocycles. The Balaban J connectivity index is 1.61. The molecule has 2 fully saturated rings. The summed E-state index contributed by atoms with van der Waals surface area (Å²) < 4.78 is 12.1. The quantitative estimate of drug-likeness (QED) is 0.215. The lowest BCUT2D eigenvalue weighted by atomic mass is 10.0. The van der Waals surface area contributed by atoms with E-state index in [1.54, 1.807) is 31.2 Å². The van der Waals surface area contributed by atoms with Crippen LogP contribution in [0.15, 0.2) is 46.4 Å². The van der Waals surface area contributed by atoms with Gasteiger partial charge in [0, 0.05) is 18.2 Å². The zero-order valence-corrected chi connectivity index (χ0v) is 21.1. The van der Waals surface area contributed by atoms with E-state index in [0.717, 1.165) is 30.6 Å². The second kappa shape index (κ2) is 10.9. The molecule has 0 spiro atoms. The third-order valence-electron chi connectivity index (χ3n) is 5.97. The van der Waals surface area contributed by atoms with Crippen molar-refractivity contribution in [2.75, 3.05) is 6.61 Å². The van der Waals surface area contributed by atoms with Crippen molar-refractivity contribution in [3.8, 4) is 11.5 Å². The maximum Gasteiger partial charge on any atom is 0.331 e.